The summed E-state index contributed by atoms with van der Waals surface area (Å²) < 4.78 is 13.4. The first-order valence-corrected chi connectivity index (χ1v) is 10.8. The number of nitrogens with zero attached hydrogens (tertiary/aromatic N) is 1. The van der Waals surface area contributed by atoms with Crippen molar-refractivity contribution in [1.29, 1.82) is 0 Å². The van der Waals surface area contributed by atoms with Gasteiger partial charge in [0.05, 0.1) is 11.6 Å². The third-order valence-electron chi connectivity index (χ3n) is 6.14. The summed E-state index contributed by atoms with van der Waals surface area (Å²) >= 11 is 0. The number of rotatable bonds is 5. The third kappa shape index (κ3) is 3.71. The molecule has 4 aromatic rings. The van der Waals surface area contributed by atoms with E-state index in [1.54, 1.807) is 12.1 Å². The molecule has 2 heterocycles. The van der Waals surface area contributed by atoms with Gasteiger partial charge in [-0.3, -0.25) is 9.59 Å². The Hall–Kier alpha value is -4.39. The van der Waals surface area contributed by atoms with Crippen molar-refractivity contribution >= 4 is 28.4 Å². The Morgan fingerprint density at radius 2 is 1.76 bits per heavy atom. The van der Waals surface area contributed by atoms with E-state index in [-0.39, 0.29) is 29.2 Å². The molecule has 5 rings (SSSR count). The number of amides is 1. The lowest BCUT2D eigenvalue weighted by Gasteiger charge is -2.25. The quantitative estimate of drug-likeness (QED) is 0.231. The first kappa shape index (κ1) is 21.5. The molecule has 0 radical (unpaired) electrons. The summed E-state index contributed by atoms with van der Waals surface area (Å²) in [5.74, 6) is -2.46. The van der Waals surface area contributed by atoms with Crippen molar-refractivity contribution in [2.24, 2.45) is 0 Å². The van der Waals surface area contributed by atoms with Gasteiger partial charge in [-0.2, -0.15) is 0 Å². The SMILES string of the molecule is O=C1C(=O)N(CCc2c[nH]c3ccccc23)C(c2cccc(O)c2)/C1=C(\O)c1ccc(F)cc1. The Morgan fingerprint density at radius 1 is 1.00 bits per heavy atom. The van der Waals surface area contributed by atoms with Crippen molar-refractivity contribution in [1.82, 2.24) is 9.88 Å². The number of hydrogen-bond donors (Lipinski definition) is 3. The number of fused-ring (bicyclic) bond motifs is 1. The zero-order valence-corrected chi connectivity index (χ0v) is 18.0. The van der Waals surface area contributed by atoms with Gasteiger partial charge in [0.25, 0.3) is 11.7 Å². The van der Waals surface area contributed by atoms with E-state index in [2.05, 4.69) is 4.98 Å². The van der Waals surface area contributed by atoms with E-state index in [0.717, 1.165) is 16.5 Å². The molecule has 1 aliphatic rings. The van der Waals surface area contributed by atoms with Crippen LogP contribution in [0.15, 0.2) is 84.6 Å². The van der Waals surface area contributed by atoms with Crippen molar-refractivity contribution in [3.8, 4) is 5.75 Å². The number of para-hydroxylation sites is 1. The number of ketones is 1. The minimum atomic E-state index is -0.901. The number of halogens is 1. The lowest BCUT2D eigenvalue weighted by molar-refractivity contribution is -0.139. The number of carbonyl (C=O) groups excluding carboxylic acids is 2. The van der Waals surface area contributed by atoms with Gasteiger partial charge in [-0.05, 0) is 60.0 Å². The number of Topliss-reactive ketones (excluding diaryl/α,β-unsaturated/α-hetero) is 1. The number of aromatic amines is 1. The van der Waals surface area contributed by atoms with Crippen LogP contribution < -0.4 is 0 Å². The standard InChI is InChI=1S/C27H21FN2O4/c28-19-10-8-16(9-11-19)25(32)23-24(17-4-3-5-20(31)14-17)30(27(34)26(23)33)13-12-18-15-29-22-7-2-1-6-21(18)22/h1-11,14-15,24,29,31-32H,12-13H2/b25-23+. The highest BCUT2D eigenvalue weighted by atomic mass is 19.1. The van der Waals surface area contributed by atoms with Gasteiger partial charge in [-0.1, -0.05) is 30.3 Å². The molecule has 170 valence electrons. The molecular weight excluding hydrogens is 435 g/mol. The number of aromatic nitrogens is 1. The Morgan fingerprint density at radius 3 is 2.53 bits per heavy atom. The van der Waals surface area contributed by atoms with Crippen LogP contribution in [0.3, 0.4) is 0 Å². The summed E-state index contributed by atoms with van der Waals surface area (Å²) in [6, 6.07) is 18.2. The van der Waals surface area contributed by atoms with E-state index < -0.39 is 23.5 Å². The molecule has 7 heteroatoms. The second kappa shape index (κ2) is 8.51. The molecule has 1 fully saturated rings. The number of likely N-dealkylation sites (tertiary alicyclic amines) is 1. The van der Waals surface area contributed by atoms with E-state index in [1.165, 1.54) is 41.3 Å². The van der Waals surface area contributed by atoms with Crippen LogP contribution in [0.4, 0.5) is 4.39 Å². The van der Waals surface area contributed by atoms with Crippen LogP contribution in [0.1, 0.15) is 22.7 Å². The molecular formula is C27H21FN2O4. The van der Waals surface area contributed by atoms with E-state index in [4.69, 9.17) is 0 Å². The number of phenolic OH excluding ortho intramolecular Hbond substituents is 1. The molecule has 1 amide bonds. The van der Waals surface area contributed by atoms with E-state index in [0.29, 0.717) is 12.0 Å². The van der Waals surface area contributed by atoms with E-state index >= 15 is 0 Å². The zero-order chi connectivity index (χ0) is 23.8. The summed E-state index contributed by atoms with van der Waals surface area (Å²) in [4.78, 5) is 30.8. The molecule has 6 nitrogen and oxygen atoms in total. The van der Waals surface area contributed by atoms with Crippen LogP contribution in [-0.4, -0.2) is 38.3 Å². The van der Waals surface area contributed by atoms with Gasteiger partial charge in [-0.25, -0.2) is 4.39 Å². The van der Waals surface area contributed by atoms with Crippen molar-refractivity contribution in [2.75, 3.05) is 6.54 Å². The number of aromatic hydroxyl groups is 1. The van der Waals surface area contributed by atoms with E-state index in [9.17, 15) is 24.2 Å². The van der Waals surface area contributed by atoms with Crippen molar-refractivity contribution in [3.63, 3.8) is 0 Å². The number of nitrogens with one attached hydrogen (secondary N) is 1. The minimum absolute atomic E-state index is 0.0264. The maximum Gasteiger partial charge on any atom is 0.295 e. The van der Waals surface area contributed by atoms with Crippen LogP contribution in [0.5, 0.6) is 5.75 Å². The molecule has 1 unspecified atom stereocenters. The first-order chi connectivity index (χ1) is 16.4. The number of aliphatic hydroxyl groups is 1. The van der Waals surface area contributed by atoms with Crippen LogP contribution in [0.25, 0.3) is 16.7 Å². The molecule has 3 aromatic carbocycles. The molecule has 0 spiro atoms. The van der Waals surface area contributed by atoms with Crippen molar-refractivity contribution in [2.45, 2.75) is 12.5 Å². The van der Waals surface area contributed by atoms with Gasteiger partial charge in [0, 0.05) is 29.2 Å². The lowest BCUT2D eigenvalue weighted by atomic mass is 9.95. The Labute approximate surface area is 194 Å². The fraction of sp³-hybridized carbons (Fsp3) is 0.111. The monoisotopic (exact) mass is 456 g/mol. The van der Waals surface area contributed by atoms with Gasteiger partial charge < -0.3 is 20.1 Å². The number of H-pyrrole nitrogens is 1. The fourth-order valence-electron chi connectivity index (χ4n) is 4.49. The van der Waals surface area contributed by atoms with Crippen molar-refractivity contribution < 1.29 is 24.2 Å². The smallest absolute Gasteiger partial charge is 0.295 e. The van der Waals surface area contributed by atoms with Gasteiger partial charge in [0.1, 0.15) is 17.3 Å². The molecule has 1 aliphatic heterocycles. The topological polar surface area (TPSA) is 93.6 Å². The molecule has 0 bridgehead atoms. The highest BCUT2D eigenvalue weighted by Crippen LogP contribution is 2.40. The van der Waals surface area contributed by atoms with Gasteiger partial charge in [0.15, 0.2) is 0 Å². The molecule has 3 N–H and O–H groups in total. The maximum atomic E-state index is 13.4. The van der Waals surface area contributed by atoms with Gasteiger partial charge in [-0.15, -0.1) is 0 Å². The van der Waals surface area contributed by atoms with Gasteiger partial charge >= 0.3 is 0 Å². The average Bonchev–Trinajstić information content (AvgIpc) is 3.36. The first-order valence-electron chi connectivity index (χ1n) is 10.8. The molecule has 1 saturated heterocycles. The molecule has 34 heavy (non-hydrogen) atoms. The normalized spacial score (nSPS) is 17.6. The summed E-state index contributed by atoms with van der Waals surface area (Å²) in [5, 5.41) is 22.1. The lowest BCUT2D eigenvalue weighted by Crippen LogP contribution is -2.31. The predicted octanol–water partition coefficient (Wildman–Crippen LogP) is 4.68. The van der Waals surface area contributed by atoms with Crippen molar-refractivity contribution in [3.05, 3.63) is 107 Å². The summed E-state index contributed by atoms with van der Waals surface area (Å²) in [6.07, 6.45) is 2.35. The number of carbonyl (C=O) groups is 2. The average molecular weight is 456 g/mol. The highest BCUT2D eigenvalue weighted by molar-refractivity contribution is 6.46. The van der Waals surface area contributed by atoms with Crippen LogP contribution in [0, 0.1) is 5.82 Å². The zero-order valence-electron chi connectivity index (χ0n) is 18.0. The third-order valence-corrected chi connectivity index (χ3v) is 6.14. The summed E-state index contributed by atoms with van der Waals surface area (Å²) in [6.45, 7) is 0.215. The number of hydrogen-bond acceptors (Lipinski definition) is 4. The number of aliphatic hydroxyl groups excluding tert-OH is 1. The number of benzene rings is 3. The molecule has 1 aromatic heterocycles. The number of phenols is 1. The molecule has 0 saturated carbocycles. The fourth-order valence-corrected chi connectivity index (χ4v) is 4.49. The Balaban J connectivity index is 1.57. The largest absolute Gasteiger partial charge is 0.508 e. The van der Waals surface area contributed by atoms with Crippen LogP contribution in [-0.2, 0) is 16.0 Å². The Kier molecular flexibility index (Phi) is 5.37. The Bertz CT molecular complexity index is 1440. The van der Waals surface area contributed by atoms with Crippen LogP contribution in [0.2, 0.25) is 0 Å². The summed E-state index contributed by atoms with van der Waals surface area (Å²) in [7, 11) is 0. The highest BCUT2D eigenvalue weighted by Gasteiger charge is 2.46. The second-order valence-electron chi connectivity index (χ2n) is 8.20. The second-order valence-corrected chi connectivity index (χ2v) is 8.20. The minimum Gasteiger partial charge on any atom is -0.508 e. The summed E-state index contributed by atoms with van der Waals surface area (Å²) in [5.41, 5.74) is 2.58. The predicted molar refractivity (Wildman–Crippen MR) is 126 cm³/mol. The van der Waals surface area contributed by atoms with E-state index in [1.807, 2.05) is 30.5 Å². The maximum absolute atomic E-state index is 13.4. The molecule has 1 atom stereocenters. The molecule has 0 aliphatic carbocycles. The van der Waals surface area contributed by atoms with Gasteiger partial charge in [0.2, 0.25) is 0 Å². The van der Waals surface area contributed by atoms with Crippen LogP contribution >= 0.6 is 0 Å².